The van der Waals surface area contributed by atoms with Gasteiger partial charge in [-0.3, -0.25) is 4.40 Å². The summed E-state index contributed by atoms with van der Waals surface area (Å²) in [5.74, 6) is 1.58. The Morgan fingerprint density at radius 3 is 2.61 bits per heavy atom. The van der Waals surface area contributed by atoms with E-state index in [1.54, 1.807) is 16.6 Å². The monoisotopic (exact) mass is 327 g/mol. The fraction of sp³-hybridized carbons (Fsp3) is 0.333. The Labute approximate surface area is 137 Å². The summed E-state index contributed by atoms with van der Waals surface area (Å²) in [6.45, 7) is 4.81. The summed E-state index contributed by atoms with van der Waals surface area (Å²) in [5, 5.41) is 18.4. The van der Waals surface area contributed by atoms with Gasteiger partial charge in [0.05, 0.1) is 29.0 Å². The Bertz CT molecular complexity index is 994. The molecule has 3 aromatic heterocycles. The van der Waals surface area contributed by atoms with Crippen LogP contribution in [0, 0.1) is 6.92 Å². The van der Waals surface area contributed by atoms with E-state index in [2.05, 4.69) is 41.5 Å². The summed E-state index contributed by atoms with van der Waals surface area (Å²) in [7, 11) is 2.01. The van der Waals surface area contributed by atoms with Crippen molar-refractivity contribution in [3.05, 3.63) is 35.7 Å². The molecular formula is C15H17N7S. The Hall–Kier alpha value is -2.35. The van der Waals surface area contributed by atoms with Crippen LogP contribution in [-0.2, 0) is 19.3 Å². The van der Waals surface area contributed by atoms with Crippen molar-refractivity contribution < 1.29 is 0 Å². The molecule has 0 saturated heterocycles. The molecule has 0 aliphatic heterocycles. The van der Waals surface area contributed by atoms with Gasteiger partial charge >= 0.3 is 0 Å². The zero-order chi connectivity index (χ0) is 16.0. The number of fused-ring (bicyclic) bond motifs is 3. The van der Waals surface area contributed by atoms with Gasteiger partial charge in [0, 0.05) is 12.8 Å². The number of imidazole rings is 1. The molecule has 8 heteroatoms. The van der Waals surface area contributed by atoms with Gasteiger partial charge in [-0.05, 0) is 26.0 Å². The van der Waals surface area contributed by atoms with Crippen molar-refractivity contribution in [2.75, 3.05) is 0 Å². The van der Waals surface area contributed by atoms with Gasteiger partial charge in [0.2, 0.25) is 5.78 Å². The summed E-state index contributed by atoms with van der Waals surface area (Å²) < 4.78 is 4.16. The van der Waals surface area contributed by atoms with Gasteiger partial charge < -0.3 is 4.57 Å². The highest BCUT2D eigenvalue weighted by Crippen LogP contribution is 2.27. The summed E-state index contributed by atoms with van der Waals surface area (Å²) >= 11 is 1.64. The molecule has 4 aromatic rings. The van der Waals surface area contributed by atoms with E-state index < -0.39 is 0 Å². The molecule has 4 rings (SSSR count). The Kier molecular flexibility index (Phi) is 3.33. The van der Waals surface area contributed by atoms with E-state index in [1.165, 1.54) is 0 Å². The van der Waals surface area contributed by atoms with Crippen molar-refractivity contribution in [1.82, 2.24) is 34.2 Å². The van der Waals surface area contributed by atoms with Crippen molar-refractivity contribution in [2.45, 2.75) is 31.3 Å². The second kappa shape index (κ2) is 5.38. The van der Waals surface area contributed by atoms with Crippen LogP contribution in [0.15, 0.2) is 29.4 Å². The molecule has 0 N–H and O–H groups in total. The van der Waals surface area contributed by atoms with Gasteiger partial charge in [0.25, 0.3) is 0 Å². The van der Waals surface area contributed by atoms with E-state index in [0.717, 1.165) is 45.7 Å². The number of thioether (sulfide) groups is 1. The molecule has 118 valence electrons. The standard InChI is InChI=1S/C15H17N7S/c1-4-21-18-10(2)11(19-21)9-23-15-17-16-14-20(3)12-7-5-6-8-13(12)22(14)15/h5-8H,4,9H2,1-3H3. The van der Waals surface area contributed by atoms with Gasteiger partial charge in [-0.15, -0.1) is 10.2 Å². The number of aromatic nitrogens is 7. The maximum Gasteiger partial charge on any atom is 0.236 e. The molecular weight excluding hydrogens is 310 g/mol. The largest absolute Gasteiger partial charge is 0.311 e. The van der Waals surface area contributed by atoms with Crippen LogP contribution in [-0.4, -0.2) is 34.2 Å². The predicted octanol–water partition coefficient (Wildman–Crippen LogP) is 2.43. The molecule has 0 aliphatic carbocycles. The fourth-order valence-electron chi connectivity index (χ4n) is 2.70. The van der Waals surface area contributed by atoms with Gasteiger partial charge in [0.15, 0.2) is 5.16 Å². The van der Waals surface area contributed by atoms with E-state index in [0.29, 0.717) is 0 Å². The van der Waals surface area contributed by atoms with E-state index >= 15 is 0 Å². The highest BCUT2D eigenvalue weighted by Gasteiger charge is 2.16. The third-order valence-corrected chi connectivity index (χ3v) is 4.88. The molecule has 3 heterocycles. The second-order valence-corrected chi connectivity index (χ2v) is 6.32. The fourth-order valence-corrected chi connectivity index (χ4v) is 3.64. The van der Waals surface area contributed by atoms with E-state index in [-0.39, 0.29) is 0 Å². The molecule has 7 nitrogen and oxygen atoms in total. The molecule has 0 aliphatic rings. The average molecular weight is 327 g/mol. The van der Waals surface area contributed by atoms with Crippen LogP contribution in [0.3, 0.4) is 0 Å². The van der Waals surface area contributed by atoms with Crippen molar-refractivity contribution in [3.8, 4) is 0 Å². The topological polar surface area (TPSA) is 65.8 Å². The summed E-state index contributed by atoms with van der Waals surface area (Å²) in [6.07, 6.45) is 0. The first-order chi connectivity index (χ1) is 11.2. The molecule has 1 aromatic carbocycles. The average Bonchev–Trinajstić information content (AvgIpc) is 3.22. The van der Waals surface area contributed by atoms with Crippen molar-refractivity contribution in [2.24, 2.45) is 7.05 Å². The Balaban J connectivity index is 1.72. The molecule has 23 heavy (non-hydrogen) atoms. The second-order valence-electron chi connectivity index (χ2n) is 5.38. The SMILES string of the molecule is CCn1nc(C)c(CSc2nnc3n(C)c4ccccc4n23)n1. The molecule has 0 unspecified atom stereocenters. The van der Waals surface area contributed by atoms with Gasteiger partial charge in [-0.25, -0.2) is 0 Å². The number of aryl methyl sites for hydroxylation is 3. The number of para-hydroxylation sites is 2. The van der Waals surface area contributed by atoms with Gasteiger partial charge in [-0.2, -0.15) is 15.0 Å². The quantitative estimate of drug-likeness (QED) is 0.539. The van der Waals surface area contributed by atoms with E-state index in [9.17, 15) is 0 Å². The number of hydrogen-bond acceptors (Lipinski definition) is 5. The molecule has 0 saturated carbocycles. The summed E-state index contributed by atoms with van der Waals surface area (Å²) in [5.41, 5.74) is 4.23. The number of nitrogens with zero attached hydrogens (tertiary/aromatic N) is 7. The number of hydrogen-bond donors (Lipinski definition) is 0. The molecule has 0 atom stereocenters. The van der Waals surface area contributed by atoms with E-state index in [4.69, 9.17) is 0 Å². The molecule has 0 fully saturated rings. The highest BCUT2D eigenvalue weighted by atomic mass is 32.2. The molecule has 0 bridgehead atoms. The molecule has 0 spiro atoms. The van der Waals surface area contributed by atoms with Crippen molar-refractivity contribution >= 4 is 28.6 Å². The smallest absolute Gasteiger partial charge is 0.236 e. The normalized spacial score (nSPS) is 11.8. The van der Waals surface area contributed by atoms with Crippen molar-refractivity contribution in [1.29, 1.82) is 0 Å². The lowest BCUT2D eigenvalue weighted by Gasteiger charge is -1.98. The van der Waals surface area contributed by atoms with Crippen LogP contribution in [0.1, 0.15) is 18.3 Å². The zero-order valence-corrected chi connectivity index (χ0v) is 14.1. The number of rotatable bonds is 4. The minimum absolute atomic E-state index is 0.732. The minimum Gasteiger partial charge on any atom is -0.311 e. The van der Waals surface area contributed by atoms with E-state index in [1.807, 2.05) is 33.0 Å². The lowest BCUT2D eigenvalue weighted by Crippen LogP contribution is -1.98. The van der Waals surface area contributed by atoms with Crippen molar-refractivity contribution in [3.63, 3.8) is 0 Å². The minimum atomic E-state index is 0.732. The Morgan fingerprint density at radius 1 is 1.09 bits per heavy atom. The first-order valence-corrected chi connectivity index (χ1v) is 8.49. The van der Waals surface area contributed by atoms with Crippen LogP contribution in [0.2, 0.25) is 0 Å². The van der Waals surface area contributed by atoms with Crippen LogP contribution in [0.25, 0.3) is 16.8 Å². The third-order valence-electron chi connectivity index (χ3n) is 3.94. The molecule has 0 amide bonds. The Morgan fingerprint density at radius 2 is 1.87 bits per heavy atom. The maximum atomic E-state index is 4.50. The van der Waals surface area contributed by atoms with Gasteiger partial charge in [-0.1, -0.05) is 23.9 Å². The highest BCUT2D eigenvalue weighted by molar-refractivity contribution is 7.98. The van der Waals surface area contributed by atoms with Crippen LogP contribution >= 0.6 is 11.8 Å². The summed E-state index contributed by atoms with van der Waals surface area (Å²) in [4.78, 5) is 1.72. The summed E-state index contributed by atoms with van der Waals surface area (Å²) in [6, 6.07) is 8.26. The molecule has 0 radical (unpaired) electrons. The number of benzene rings is 1. The lowest BCUT2D eigenvalue weighted by atomic mass is 10.3. The lowest BCUT2D eigenvalue weighted by molar-refractivity contribution is 0.563. The predicted molar refractivity (Wildman–Crippen MR) is 89.5 cm³/mol. The first-order valence-electron chi connectivity index (χ1n) is 7.51. The maximum absolute atomic E-state index is 4.50. The van der Waals surface area contributed by atoms with Crippen LogP contribution in [0.5, 0.6) is 0 Å². The van der Waals surface area contributed by atoms with Gasteiger partial charge in [0.1, 0.15) is 0 Å². The van der Waals surface area contributed by atoms with Crippen LogP contribution < -0.4 is 0 Å². The third kappa shape index (κ3) is 2.21. The first kappa shape index (κ1) is 14.3. The van der Waals surface area contributed by atoms with Crippen LogP contribution in [0.4, 0.5) is 0 Å². The zero-order valence-electron chi connectivity index (χ0n) is 13.3.